The summed E-state index contributed by atoms with van der Waals surface area (Å²) in [5, 5.41) is 13.7. The Bertz CT molecular complexity index is 588. The number of hydrogen-bond donors (Lipinski definition) is 1. The first kappa shape index (κ1) is 15.9. The second kappa shape index (κ2) is 7.47. The van der Waals surface area contributed by atoms with Gasteiger partial charge in [-0.1, -0.05) is 25.2 Å². The molecule has 1 atom stereocenters. The molecule has 0 spiro atoms. The summed E-state index contributed by atoms with van der Waals surface area (Å²) in [5.41, 5.74) is 0.822. The van der Waals surface area contributed by atoms with Crippen molar-refractivity contribution in [2.24, 2.45) is 0 Å². The molecule has 1 aromatic heterocycles. The van der Waals surface area contributed by atoms with Crippen molar-refractivity contribution in [2.75, 3.05) is 13.7 Å². The van der Waals surface area contributed by atoms with Crippen molar-refractivity contribution in [3.63, 3.8) is 0 Å². The molecule has 1 heterocycles. The number of ether oxygens (including phenoxy) is 1. The van der Waals surface area contributed by atoms with Crippen molar-refractivity contribution in [1.29, 1.82) is 0 Å². The zero-order chi connectivity index (χ0) is 15.2. The highest BCUT2D eigenvalue weighted by atomic mass is 32.1. The Hall–Kier alpha value is -1.53. The molecule has 0 radical (unpaired) electrons. The minimum absolute atomic E-state index is 0.221. The number of nitrogens with one attached hydrogen (secondary N) is 1. The van der Waals surface area contributed by atoms with Crippen LogP contribution in [0, 0.1) is 5.82 Å². The van der Waals surface area contributed by atoms with Gasteiger partial charge in [0.1, 0.15) is 10.0 Å². The molecule has 0 aliphatic heterocycles. The predicted molar refractivity (Wildman–Crippen MR) is 83.2 cm³/mol. The third-order valence-corrected chi connectivity index (χ3v) is 4.27. The number of nitrogens with zero attached hydrogens (tertiary/aromatic N) is 2. The van der Waals surface area contributed by atoms with Gasteiger partial charge in [0.15, 0.2) is 11.6 Å². The molecular formula is C15H20FN3OS. The van der Waals surface area contributed by atoms with Crippen molar-refractivity contribution >= 4 is 11.3 Å². The minimum atomic E-state index is -0.373. The summed E-state index contributed by atoms with van der Waals surface area (Å²) in [6, 6.07) is 4.96. The molecule has 0 fully saturated rings. The van der Waals surface area contributed by atoms with Crippen LogP contribution in [-0.4, -0.2) is 23.9 Å². The second-order valence-electron chi connectivity index (χ2n) is 4.71. The zero-order valence-electron chi connectivity index (χ0n) is 12.5. The van der Waals surface area contributed by atoms with Gasteiger partial charge in [-0.05, 0) is 37.6 Å². The summed E-state index contributed by atoms with van der Waals surface area (Å²) in [6.07, 6.45) is 2.04. The Morgan fingerprint density at radius 2 is 2.14 bits per heavy atom. The highest BCUT2D eigenvalue weighted by Crippen LogP contribution is 2.31. The average molecular weight is 309 g/mol. The van der Waals surface area contributed by atoms with E-state index in [1.807, 2.05) is 0 Å². The minimum Gasteiger partial charge on any atom is -0.494 e. The number of halogens is 1. The molecule has 2 rings (SSSR count). The van der Waals surface area contributed by atoms with E-state index in [9.17, 15) is 4.39 Å². The number of hydrogen-bond acceptors (Lipinski definition) is 5. The predicted octanol–water partition coefficient (Wildman–Crippen LogP) is 3.80. The van der Waals surface area contributed by atoms with Gasteiger partial charge in [-0.3, -0.25) is 0 Å². The molecule has 1 aromatic carbocycles. The van der Waals surface area contributed by atoms with Crippen molar-refractivity contribution in [3.8, 4) is 16.3 Å². The number of methoxy groups -OCH3 is 1. The first-order valence-electron chi connectivity index (χ1n) is 7.10. The van der Waals surface area contributed by atoms with Crippen LogP contribution in [0.25, 0.3) is 10.6 Å². The smallest absolute Gasteiger partial charge is 0.165 e. The highest BCUT2D eigenvalue weighted by molar-refractivity contribution is 7.14. The summed E-state index contributed by atoms with van der Waals surface area (Å²) in [4.78, 5) is 0. The van der Waals surface area contributed by atoms with Gasteiger partial charge in [-0.25, -0.2) is 4.39 Å². The highest BCUT2D eigenvalue weighted by Gasteiger charge is 2.16. The molecule has 0 saturated heterocycles. The molecule has 114 valence electrons. The van der Waals surface area contributed by atoms with Gasteiger partial charge in [-0.2, -0.15) is 0 Å². The van der Waals surface area contributed by atoms with E-state index in [0.29, 0.717) is 0 Å². The van der Waals surface area contributed by atoms with E-state index in [0.717, 1.165) is 35.0 Å². The zero-order valence-corrected chi connectivity index (χ0v) is 13.3. The molecule has 2 aromatic rings. The van der Waals surface area contributed by atoms with Crippen LogP contribution in [0.15, 0.2) is 18.2 Å². The van der Waals surface area contributed by atoms with Crippen LogP contribution in [0.4, 0.5) is 4.39 Å². The van der Waals surface area contributed by atoms with E-state index >= 15 is 0 Å². The van der Waals surface area contributed by atoms with E-state index < -0.39 is 0 Å². The van der Waals surface area contributed by atoms with Gasteiger partial charge in [0.2, 0.25) is 0 Å². The van der Waals surface area contributed by atoms with Crippen LogP contribution < -0.4 is 10.1 Å². The lowest BCUT2D eigenvalue weighted by Gasteiger charge is -2.12. The lowest BCUT2D eigenvalue weighted by molar-refractivity contribution is 0.387. The molecule has 21 heavy (non-hydrogen) atoms. The van der Waals surface area contributed by atoms with E-state index in [4.69, 9.17) is 4.74 Å². The number of rotatable bonds is 7. The lowest BCUT2D eigenvalue weighted by Crippen LogP contribution is -2.21. The topological polar surface area (TPSA) is 47.0 Å². The average Bonchev–Trinajstić information content (AvgIpc) is 2.98. The van der Waals surface area contributed by atoms with Crippen molar-refractivity contribution in [3.05, 3.63) is 29.0 Å². The molecule has 4 nitrogen and oxygen atoms in total. The Labute approximate surface area is 128 Å². The summed E-state index contributed by atoms with van der Waals surface area (Å²) < 4.78 is 18.5. The Morgan fingerprint density at radius 1 is 1.33 bits per heavy atom. The Kier molecular flexibility index (Phi) is 5.64. The van der Waals surface area contributed by atoms with Crippen molar-refractivity contribution in [2.45, 2.75) is 32.7 Å². The third kappa shape index (κ3) is 3.77. The standard InChI is InChI=1S/C15H20FN3OS/c1-4-8-17-12(5-2)15-19-18-14(21-15)10-6-7-11(16)13(9-10)20-3/h6-7,9,12,17H,4-5,8H2,1-3H3. The van der Waals surface area contributed by atoms with Crippen LogP contribution in [-0.2, 0) is 0 Å². The Morgan fingerprint density at radius 3 is 2.81 bits per heavy atom. The van der Waals surface area contributed by atoms with E-state index in [1.165, 1.54) is 24.5 Å². The van der Waals surface area contributed by atoms with Crippen LogP contribution in [0.5, 0.6) is 5.75 Å². The first-order valence-corrected chi connectivity index (χ1v) is 7.91. The molecule has 1 N–H and O–H groups in total. The summed E-state index contributed by atoms with van der Waals surface area (Å²) in [6.45, 7) is 5.21. The maximum Gasteiger partial charge on any atom is 0.165 e. The van der Waals surface area contributed by atoms with E-state index in [1.54, 1.807) is 12.1 Å². The molecule has 0 aliphatic rings. The molecule has 1 unspecified atom stereocenters. The van der Waals surface area contributed by atoms with E-state index in [-0.39, 0.29) is 17.6 Å². The first-order chi connectivity index (χ1) is 10.2. The quantitative estimate of drug-likeness (QED) is 0.845. The van der Waals surface area contributed by atoms with Crippen LogP contribution in [0.1, 0.15) is 37.7 Å². The van der Waals surface area contributed by atoms with E-state index in [2.05, 4.69) is 29.4 Å². The van der Waals surface area contributed by atoms with Gasteiger partial charge in [0.05, 0.1) is 13.2 Å². The molecule has 0 aliphatic carbocycles. The summed E-state index contributed by atoms with van der Waals surface area (Å²) in [7, 11) is 1.45. The Balaban J connectivity index is 2.22. The number of benzene rings is 1. The molecule has 0 amide bonds. The largest absolute Gasteiger partial charge is 0.494 e. The molecule has 0 bridgehead atoms. The van der Waals surface area contributed by atoms with Crippen molar-refractivity contribution < 1.29 is 9.13 Å². The SMILES string of the molecule is CCCNC(CC)c1nnc(-c2ccc(F)c(OC)c2)s1. The summed E-state index contributed by atoms with van der Waals surface area (Å²) >= 11 is 1.53. The fraction of sp³-hybridized carbons (Fsp3) is 0.467. The fourth-order valence-electron chi connectivity index (χ4n) is 2.01. The molecular weight excluding hydrogens is 289 g/mol. The van der Waals surface area contributed by atoms with Gasteiger partial charge in [-0.15, -0.1) is 10.2 Å². The second-order valence-corrected chi connectivity index (χ2v) is 5.72. The van der Waals surface area contributed by atoms with Crippen LogP contribution in [0.3, 0.4) is 0 Å². The fourth-order valence-corrected chi connectivity index (χ4v) is 3.01. The maximum atomic E-state index is 13.4. The maximum absolute atomic E-state index is 13.4. The van der Waals surface area contributed by atoms with Crippen molar-refractivity contribution in [1.82, 2.24) is 15.5 Å². The van der Waals surface area contributed by atoms with Gasteiger partial charge in [0.25, 0.3) is 0 Å². The van der Waals surface area contributed by atoms with Crippen LogP contribution >= 0.6 is 11.3 Å². The monoisotopic (exact) mass is 309 g/mol. The summed E-state index contributed by atoms with van der Waals surface area (Å²) in [5.74, 6) is -0.151. The van der Waals surface area contributed by atoms with Gasteiger partial charge < -0.3 is 10.1 Å². The molecule has 0 saturated carbocycles. The molecule has 6 heteroatoms. The van der Waals surface area contributed by atoms with Gasteiger partial charge >= 0.3 is 0 Å². The normalized spacial score (nSPS) is 12.4. The van der Waals surface area contributed by atoms with Crippen LogP contribution in [0.2, 0.25) is 0 Å². The number of aromatic nitrogens is 2. The van der Waals surface area contributed by atoms with Gasteiger partial charge in [0, 0.05) is 5.56 Å². The lowest BCUT2D eigenvalue weighted by atomic mass is 10.2. The third-order valence-electron chi connectivity index (χ3n) is 3.19.